The van der Waals surface area contributed by atoms with E-state index >= 15 is 0 Å². The number of rotatable bonds is 9. The molecule has 1 aromatic carbocycles. The van der Waals surface area contributed by atoms with E-state index in [1.54, 1.807) is 0 Å². The Morgan fingerprint density at radius 2 is 1.69 bits per heavy atom. The maximum absolute atomic E-state index is 12.9. The van der Waals surface area contributed by atoms with Crippen molar-refractivity contribution in [2.24, 2.45) is 4.99 Å². The van der Waals surface area contributed by atoms with Crippen molar-refractivity contribution >= 4 is 23.5 Å². The number of benzene rings is 1. The third-order valence-electron chi connectivity index (χ3n) is 6.37. The van der Waals surface area contributed by atoms with Crippen molar-refractivity contribution in [2.75, 3.05) is 18.4 Å². The molecule has 0 unspecified atom stereocenters. The van der Waals surface area contributed by atoms with Crippen molar-refractivity contribution in [1.82, 2.24) is 4.90 Å². The van der Waals surface area contributed by atoms with E-state index in [0.29, 0.717) is 6.42 Å². The Kier molecular flexibility index (Phi) is 10.3. The molecule has 1 N–H and O–H groups in total. The van der Waals surface area contributed by atoms with Gasteiger partial charge in [-0.2, -0.15) is 0 Å². The highest BCUT2D eigenvalue weighted by Gasteiger charge is 2.12. The second kappa shape index (κ2) is 13.7. The van der Waals surface area contributed by atoms with Crippen LogP contribution in [0.15, 0.2) is 82.1 Å². The number of nitrogens with one attached hydrogen (secondary N) is 1. The number of hydrogen-bond donors (Lipinski definition) is 1. The van der Waals surface area contributed by atoms with Gasteiger partial charge in [-0.15, -0.1) is 0 Å². The molecule has 0 atom stereocenters. The maximum Gasteiger partial charge on any atom is 0.228 e. The molecule has 0 saturated heterocycles. The largest absolute Gasteiger partial charge is 0.375 e. The smallest absolute Gasteiger partial charge is 0.228 e. The van der Waals surface area contributed by atoms with Crippen molar-refractivity contribution in [3.8, 4) is 0 Å². The van der Waals surface area contributed by atoms with Crippen LogP contribution in [0, 0.1) is 0 Å². The number of hydrogen-bond acceptors (Lipinski definition) is 3. The molecule has 1 aliphatic heterocycles. The van der Waals surface area contributed by atoms with Crippen LogP contribution in [-0.4, -0.2) is 30.1 Å². The van der Waals surface area contributed by atoms with E-state index in [1.807, 2.05) is 30.5 Å². The Morgan fingerprint density at radius 1 is 0.943 bits per heavy atom. The molecular formula is C31H41N3O. The molecular weight excluding hydrogens is 430 g/mol. The van der Waals surface area contributed by atoms with Crippen LogP contribution in [-0.2, 0) is 4.79 Å². The Bertz CT molecular complexity index is 1050. The van der Waals surface area contributed by atoms with Crippen LogP contribution < -0.4 is 5.32 Å². The average molecular weight is 472 g/mol. The highest BCUT2D eigenvalue weighted by atomic mass is 16.1. The first-order valence-electron chi connectivity index (χ1n) is 13.1. The normalized spacial score (nSPS) is 16.4. The summed E-state index contributed by atoms with van der Waals surface area (Å²) < 4.78 is 0. The molecule has 1 heterocycles. The van der Waals surface area contributed by atoms with E-state index in [0.717, 1.165) is 74.1 Å². The summed E-state index contributed by atoms with van der Waals surface area (Å²) in [6, 6.07) is 7.98. The minimum atomic E-state index is 0.00588. The minimum Gasteiger partial charge on any atom is -0.375 e. The lowest BCUT2D eigenvalue weighted by Crippen LogP contribution is -2.25. The van der Waals surface area contributed by atoms with E-state index in [9.17, 15) is 4.79 Å². The van der Waals surface area contributed by atoms with Crippen LogP contribution in [0.5, 0.6) is 0 Å². The molecule has 35 heavy (non-hydrogen) atoms. The molecule has 1 aliphatic carbocycles. The van der Waals surface area contributed by atoms with Gasteiger partial charge in [-0.05, 0) is 87.8 Å². The molecule has 1 aromatic rings. The first-order chi connectivity index (χ1) is 17.0. The summed E-state index contributed by atoms with van der Waals surface area (Å²) in [6.07, 6.45) is 19.4. The number of amides is 1. The third kappa shape index (κ3) is 8.54. The highest BCUT2D eigenvalue weighted by Crippen LogP contribution is 2.24. The van der Waals surface area contributed by atoms with Gasteiger partial charge in [-0.3, -0.25) is 9.79 Å². The molecule has 4 nitrogen and oxygen atoms in total. The standard InChI is InChI=1S/C31H41N3O/c1-5-20-34(21-6-2)29-16-10-25(4)22-26(11-17-29)23-31(35)33-28-14-12-27(13-15-28)30-9-7-8-24(3)18-19-32-30/h9,11-15,17-19,22H,5-8,10,16,20-21,23H2,1-4H3,(H,33,35). The molecule has 2 aliphatic rings. The summed E-state index contributed by atoms with van der Waals surface area (Å²) in [4.78, 5) is 19.9. The Hall–Kier alpha value is -3.14. The third-order valence-corrected chi connectivity index (χ3v) is 6.37. The first kappa shape index (κ1) is 26.5. The lowest BCUT2D eigenvalue weighted by Gasteiger charge is -2.27. The van der Waals surface area contributed by atoms with Gasteiger partial charge in [0.2, 0.25) is 5.91 Å². The first-order valence-corrected chi connectivity index (χ1v) is 13.1. The second-order valence-corrected chi connectivity index (χ2v) is 9.60. The molecule has 186 valence electrons. The molecule has 0 radical (unpaired) electrons. The predicted octanol–water partition coefficient (Wildman–Crippen LogP) is 7.84. The van der Waals surface area contributed by atoms with Gasteiger partial charge in [0.05, 0.1) is 12.1 Å². The Labute approximate surface area is 211 Å². The second-order valence-electron chi connectivity index (χ2n) is 9.60. The fourth-order valence-corrected chi connectivity index (χ4v) is 4.49. The SMILES string of the molecule is CCCN(CCC)C1=CC=C(CC(=O)Nc2ccc(C3=CCCC(C)=CC=N3)cc2)C=C(C)CC1. The van der Waals surface area contributed by atoms with Crippen LogP contribution in [0.1, 0.15) is 78.2 Å². The molecule has 0 bridgehead atoms. The summed E-state index contributed by atoms with van der Waals surface area (Å²) >= 11 is 0. The van der Waals surface area contributed by atoms with Crippen molar-refractivity contribution in [1.29, 1.82) is 0 Å². The van der Waals surface area contributed by atoms with Crippen LogP contribution >= 0.6 is 0 Å². The fourth-order valence-electron chi connectivity index (χ4n) is 4.49. The van der Waals surface area contributed by atoms with Crippen LogP contribution in [0.25, 0.3) is 5.70 Å². The van der Waals surface area contributed by atoms with Gasteiger partial charge in [0, 0.05) is 30.7 Å². The zero-order valence-electron chi connectivity index (χ0n) is 21.9. The molecule has 0 saturated carbocycles. The highest BCUT2D eigenvalue weighted by molar-refractivity contribution is 5.93. The average Bonchev–Trinajstić information content (AvgIpc) is 2.80. The number of anilines is 1. The van der Waals surface area contributed by atoms with E-state index in [2.05, 4.69) is 73.3 Å². The zero-order valence-corrected chi connectivity index (χ0v) is 21.9. The molecule has 0 fully saturated rings. The van der Waals surface area contributed by atoms with E-state index in [-0.39, 0.29) is 5.91 Å². The van der Waals surface area contributed by atoms with E-state index in [1.165, 1.54) is 16.8 Å². The Balaban J connectivity index is 1.66. The van der Waals surface area contributed by atoms with Crippen molar-refractivity contribution in [3.63, 3.8) is 0 Å². The summed E-state index contributed by atoms with van der Waals surface area (Å²) in [6.45, 7) is 10.9. The number of allylic oxidation sites excluding steroid dienone is 8. The summed E-state index contributed by atoms with van der Waals surface area (Å²) in [5, 5.41) is 3.07. The topological polar surface area (TPSA) is 44.7 Å². The molecule has 0 spiro atoms. The van der Waals surface area contributed by atoms with Gasteiger partial charge >= 0.3 is 0 Å². The van der Waals surface area contributed by atoms with Crippen molar-refractivity contribution in [2.45, 2.75) is 72.6 Å². The van der Waals surface area contributed by atoms with Gasteiger partial charge in [0.15, 0.2) is 0 Å². The predicted molar refractivity (Wildman–Crippen MR) is 150 cm³/mol. The fraction of sp³-hybridized carbons (Fsp3) is 0.419. The van der Waals surface area contributed by atoms with Gasteiger partial charge < -0.3 is 10.2 Å². The summed E-state index contributed by atoms with van der Waals surface area (Å²) in [5.74, 6) is 0.00588. The van der Waals surface area contributed by atoms with Gasteiger partial charge in [-0.1, -0.05) is 55.4 Å². The lowest BCUT2D eigenvalue weighted by atomic mass is 10.00. The van der Waals surface area contributed by atoms with Crippen molar-refractivity contribution in [3.05, 3.63) is 82.6 Å². The number of aliphatic imine (C=N–C) groups is 1. The summed E-state index contributed by atoms with van der Waals surface area (Å²) in [5.41, 5.74) is 7.96. The van der Waals surface area contributed by atoms with Crippen LogP contribution in [0.2, 0.25) is 0 Å². The molecule has 4 heteroatoms. The van der Waals surface area contributed by atoms with E-state index < -0.39 is 0 Å². The number of carbonyl (C=O) groups excluding carboxylic acids is 1. The van der Waals surface area contributed by atoms with Gasteiger partial charge in [-0.25, -0.2) is 0 Å². The van der Waals surface area contributed by atoms with Crippen LogP contribution in [0.4, 0.5) is 5.69 Å². The maximum atomic E-state index is 12.9. The van der Waals surface area contributed by atoms with Gasteiger partial charge in [0.25, 0.3) is 0 Å². The molecule has 3 rings (SSSR count). The minimum absolute atomic E-state index is 0.00588. The van der Waals surface area contributed by atoms with Crippen LogP contribution in [0.3, 0.4) is 0 Å². The molecule has 1 amide bonds. The zero-order chi connectivity index (χ0) is 25.0. The van der Waals surface area contributed by atoms with E-state index in [4.69, 9.17) is 0 Å². The molecule has 0 aromatic heterocycles. The van der Waals surface area contributed by atoms with Gasteiger partial charge in [0.1, 0.15) is 0 Å². The number of nitrogens with zero attached hydrogens (tertiary/aromatic N) is 2. The number of carbonyl (C=O) groups is 1. The monoisotopic (exact) mass is 471 g/mol. The summed E-state index contributed by atoms with van der Waals surface area (Å²) in [7, 11) is 0. The Morgan fingerprint density at radius 3 is 2.40 bits per heavy atom. The lowest BCUT2D eigenvalue weighted by molar-refractivity contribution is -0.115. The quantitative estimate of drug-likeness (QED) is 0.399. The van der Waals surface area contributed by atoms with Crippen molar-refractivity contribution < 1.29 is 4.79 Å².